The summed E-state index contributed by atoms with van der Waals surface area (Å²) in [7, 11) is 0. The van der Waals surface area contributed by atoms with E-state index < -0.39 is 35.8 Å². The highest BCUT2D eigenvalue weighted by atomic mass is 19.1. The molecule has 4 rings (SSSR count). The first-order valence-electron chi connectivity index (χ1n) is 13.9. The number of hydrogen-bond acceptors (Lipinski definition) is 6. The minimum atomic E-state index is -0.757. The Bertz CT molecular complexity index is 1390. The molecule has 0 radical (unpaired) electrons. The normalized spacial score (nSPS) is 13.7. The number of unbranched alkanes of at least 4 members (excludes halogenated alkanes) is 1. The molecule has 3 aromatic carbocycles. The number of para-hydroxylation sites is 1. The average Bonchev–Trinajstić information content (AvgIpc) is 3.36. The molecular weight excluding hydrogens is 512 g/mol. The van der Waals surface area contributed by atoms with Crippen molar-refractivity contribution in [3.05, 3.63) is 95.1 Å². The van der Waals surface area contributed by atoms with Crippen molar-refractivity contribution >= 4 is 17.0 Å². The smallest absolute Gasteiger partial charge is 0.331 e. The summed E-state index contributed by atoms with van der Waals surface area (Å²) in [4.78, 5) is 13.7. The monoisotopic (exact) mass is 549 g/mol. The second-order valence-electron chi connectivity index (χ2n) is 10.1. The zero-order chi connectivity index (χ0) is 28.5. The maximum absolute atomic E-state index is 13.9. The highest BCUT2D eigenvalue weighted by Gasteiger charge is 2.30. The molecule has 0 amide bonds. The molecule has 1 aromatic heterocycles. The topological polar surface area (TPSA) is 95.1 Å². The number of nitrogens with one attached hydrogen (secondary N) is 1. The number of ether oxygens (including phenoxy) is 1. The predicted octanol–water partition coefficient (Wildman–Crippen LogP) is 5.27. The Labute approximate surface area is 233 Å². The standard InChI is InChI=1S/C31H37F2N5O2/c1-3-5-12-29(38-28-13-7-6-11-27(28)36-37-38)31(39)40-30(20-35-19-22-10-8-9-21(4-2)14-22)26(34)17-23-15-24(32)18-25(33)16-23/h6-11,13-16,18,26,29-30,35H,3-5,12,17,19-20,34H2,1-2H3/t26?,29-,30?/m0/s1. The van der Waals surface area contributed by atoms with Crippen LogP contribution in [0.2, 0.25) is 0 Å². The molecule has 0 saturated carbocycles. The molecule has 2 unspecified atom stereocenters. The van der Waals surface area contributed by atoms with Crippen LogP contribution in [0, 0.1) is 11.6 Å². The van der Waals surface area contributed by atoms with Crippen molar-refractivity contribution in [2.24, 2.45) is 5.73 Å². The molecule has 3 N–H and O–H groups in total. The third-order valence-electron chi connectivity index (χ3n) is 6.99. The summed E-state index contributed by atoms with van der Waals surface area (Å²) in [5.74, 6) is -1.82. The van der Waals surface area contributed by atoms with Gasteiger partial charge >= 0.3 is 5.97 Å². The Kier molecular flexibility index (Phi) is 10.3. The van der Waals surface area contributed by atoms with Gasteiger partial charge in [0, 0.05) is 25.2 Å². The van der Waals surface area contributed by atoms with Crippen LogP contribution in [0.4, 0.5) is 8.78 Å². The molecule has 0 bridgehead atoms. The van der Waals surface area contributed by atoms with Gasteiger partial charge in [0.25, 0.3) is 0 Å². The third-order valence-corrected chi connectivity index (χ3v) is 6.99. The number of halogens is 2. The highest BCUT2D eigenvalue weighted by Crippen LogP contribution is 2.23. The lowest BCUT2D eigenvalue weighted by atomic mass is 10.0. The second-order valence-corrected chi connectivity index (χ2v) is 10.1. The second kappa shape index (κ2) is 14.1. The predicted molar refractivity (Wildman–Crippen MR) is 152 cm³/mol. The van der Waals surface area contributed by atoms with E-state index in [2.05, 4.69) is 41.6 Å². The van der Waals surface area contributed by atoms with Gasteiger partial charge in [0.15, 0.2) is 6.04 Å². The third kappa shape index (κ3) is 7.70. The fraction of sp³-hybridized carbons (Fsp3) is 0.387. The van der Waals surface area contributed by atoms with Crippen LogP contribution >= 0.6 is 0 Å². The summed E-state index contributed by atoms with van der Waals surface area (Å²) >= 11 is 0. The van der Waals surface area contributed by atoms with E-state index in [1.165, 1.54) is 17.7 Å². The molecule has 0 aliphatic carbocycles. The van der Waals surface area contributed by atoms with E-state index in [4.69, 9.17) is 10.5 Å². The molecule has 3 atom stereocenters. The molecule has 40 heavy (non-hydrogen) atoms. The van der Waals surface area contributed by atoms with Crippen molar-refractivity contribution in [2.75, 3.05) is 6.54 Å². The van der Waals surface area contributed by atoms with E-state index in [9.17, 15) is 13.6 Å². The summed E-state index contributed by atoms with van der Waals surface area (Å²) < 4.78 is 35.4. The lowest BCUT2D eigenvalue weighted by molar-refractivity contribution is -0.154. The fourth-order valence-electron chi connectivity index (χ4n) is 4.81. The van der Waals surface area contributed by atoms with E-state index in [1.807, 2.05) is 36.4 Å². The van der Waals surface area contributed by atoms with Crippen molar-refractivity contribution in [3.63, 3.8) is 0 Å². The molecule has 1 heterocycles. The first-order chi connectivity index (χ1) is 19.4. The van der Waals surface area contributed by atoms with Gasteiger partial charge in [-0.15, -0.1) is 5.10 Å². The summed E-state index contributed by atoms with van der Waals surface area (Å²) in [5.41, 5.74) is 10.7. The van der Waals surface area contributed by atoms with Gasteiger partial charge in [0.05, 0.1) is 5.52 Å². The minimum absolute atomic E-state index is 0.130. The number of aryl methyl sites for hydroxylation is 1. The molecule has 4 aromatic rings. The zero-order valence-corrected chi connectivity index (χ0v) is 23.0. The maximum Gasteiger partial charge on any atom is 0.331 e. The van der Waals surface area contributed by atoms with Gasteiger partial charge < -0.3 is 15.8 Å². The molecule has 9 heteroatoms. The number of aromatic nitrogens is 3. The lowest BCUT2D eigenvalue weighted by Gasteiger charge is -2.27. The SMILES string of the molecule is CCCC[C@@H](C(=O)OC(CNCc1cccc(CC)c1)C(N)Cc1cc(F)cc(F)c1)n1nnc2ccccc21. The number of carbonyl (C=O) groups excluding carboxylic acids is 1. The quantitative estimate of drug-likeness (QED) is 0.208. The van der Waals surface area contributed by atoms with Crippen molar-refractivity contribution in [1.82, 2.24) is 20.3 Å². The fourth-order valence-corrected chi connectivity index (χ4v) is 4.81. The first kappa shape index (κ1) is 29.3. The van der Waals surface area contributed by atoms with Gasteiger partial charge in [-0.2, -0.15) is 0 Å². The van der Waals surface area contributed by atoms with Crippen LogP contribution in [-0.4, -0.2) is 39.7 Å². The minimum Gasteiger partial charge on any atom is -0.458 e. The van der Waals surface area contributed by atoms with E-state index in [0.717, 1.165) is 36.4 Å². The largest absolute Gasteiger partial charge is 0.458 e. The van der Waals surface area contributed by atoms with Crippen molar-refractivity contribution in [3.8, 4) is 0 Å². The lowest BCUT2D eigenvalue weighted by Crippen LogP contribution is -2.46. The number of nitrogens with zero attached hydrogens (tertiary/aromatic N) is 3. The number of esters is 1. The summed E-state index contributed by atoms with van der Waals surface area (Å²) in [6, 6.07) is 17.6. The Morgan fingerprint density at radius 1 is 1.00 bits per heavy atom. The van der Waals surface area contributed by atoms with Gasteiger partial charge in [-0.05, 0) is 60.2 Å². The Morgan fingerprint density at radius 2 is 1.75 bits per heavy atom. The number of benzene rings is 3. The van der Waals surface area contributed by atoms with Gasteiger partial charge in [-0.1, -0.05) is 68.3 Å². The zero-order valence-electron chi connectivity index (χ0n) is 23.0. The molecule has 0 spiro atoms. The molecule has 7 nitrogen and oxygen atoms in total. The van der Waals surface area contributed by atoms with Crippen LogP contribution in [0.15, 0.2) is 66.7 Å². The number of nitrogens with two attached hydrogens (primary N) is 1. The van der Waals surface area contributed by atoms with E-state index in [1.54, 1.807) is 4.68 Å². The van der Waals surface area contributed by atoms with Gasteiger partial charge in [-0.3, -0.25) is 0 Å². The maximum atomic E-state index is 13.9. The first-order valence-corrected chi connectivity index (χ1v) is 13.9. The van der Waals surface area contributed by atoms with Crippen LogP contribution in [0.5, 0.6) is 0 Å². The van der Waals surface area contributed by atoms with Crippen LogP contribution in [-0.2, 0) is 28.9 Å². The van der Waals surface area contributed by atoms with Crippen LogP contribution in [0.3, 0.4) is 0 Å². The van der Waals surface area contributed by atoms with Crippen LogP contribution in [0.1, 0.15) is 55.8 Å². The molecule has 0 aliphatic rings. The number of hydrogen-bond donors (Lipinski definition) is 2. The number of carbonyl (C=O) groups is 1. The van der Waals surface area contributed by atoms with E-state index in [0.29, 0.717) is 24.0 Å². The van der Waals surface area contributed by atoms with Crippen molar-refractivity contribution in [2.45, 2.75) is 70.7 Å². The summed E-state index contributed by atoms with van der Waals surface area (Å²) in [6.45, 7) is 4.97. The molecule has 0 saturated heterocycles. The van der Waals surface area contributed by atoms with E-state index >= 15 is 0 Å². The number of fused-ring (bicyclic) bond motifs is 1. The molecular formula is C31H37F2N5O2. The van der Waals surface area contributed by atoms with Crippen molar-refractivity contribution < 1.29 is 18.3 Å². The van der Waals surface area contributed by atoms with Gasteiger partial charge in [0.1, 0.15) is 23.3 Å². The van der Waals surface area contributed by atoms with E-state index in [-0.39, 0.29) is 13.0 Å². The number of rotatable bonds is 14. The molecule has 0 fully saturated rings. The van der Waals surface area contributed by atoms with Gasteiger partial charge in [0.2, 0.25) is 0 Å². The van der Waals surface area contributed by atoms with Crippen LogP contribution < -0.4 is 11.1 Å². The van der Waals surface area contributed by atoms with Crippen molar-refractivity contribution in [1.29, 1.82) is 0 Å². The van der Waals surface area contributed by atoms with Crippen LogP contribution in [0.25, 0.3) is 11.0 Å². The average molecular weight is 550 g/mol. The Hall–Kier alpha value is -3.69. The Balaban J connectivity index is 1.54. The van der Waals surface area contributed by atoms with Gasteiger partial charge in [-0.25, -0.2) is 18.3 Å². The summed E-state index contributed by atoms with van der Waals surface area (Å²) in [6.07, 6.45) is 2.51. The molecule has 0 aliphatic heterocycles. The molecule has 212 valence electrons. The Morgan fingerprint density at radius 3 is 2.50 bits per heavy atom. The summed E-state index contributed by atoms with van der Waals surface area (Å²) in [5, 5.41) is 11.8. The highest BCUT2D eigenvalue weighted by molar-refractivity contribution is 5.79.